The average molecular weight is 259 g/mol. The van der Waals surface area contributed by atoms with Crippen LogP contribution >= 0.6 is 0 Å². The number of para-hydroxylation sites is 1. The van der Waals surface area contributed by atoms with Crippen molar-refractivity contribution in [3.63, 3.8) is 0 Å². The molecule has 1 unspecified atom stereocenters. The molecule has 2 N–H and O–H groups in total. The average Bonchev–Trinajstić information content (AvgIpc) is 2.99. The zero-order valence-electron chi connectivity index (χ0n) is 11.3. The van der Waals surface area contributed by atoms with Crippen LogP contribution < -0.4 is 10.6 Å². The fraction of sp³-hybridized carbons (Fsp3) is 0.533. The lowest BCUT2D eigenvalue weighted by Gasteiger charge is -2.24. The largest absolute Gasteiger partial charge is 0.325 e. The Hall–Kier alpha value is -1.39. The Labute approximate surface area is 114 Å². The number of nitrogens with zero attached hydrogens (tertiary/aromatic N) is 1. The van der Waals surface area contributed by atoms with Gasteiger partial charge in [0.1, 0.15) is 0 Å². The second kappa shape index (κ2) is 5.31. The van der Waals surface area contributed by atoms with Gasteiger partial charge in [0.2, 0.25) is 5.91 Å². The van der Waals surface area contributed by atoms with Crippen LogP contribution in [0.15, 0.2) is 30.3 Å². The van der Waals surface area contributed by atoms with Gasteiger partial charge in [0.05, 0.1) is 6.04 Å². The van der Waals surface area contributed by atoms with Gasteiger partial charge in [-0.15, -0.1) is 0 Å². The third-order valence-corrected chi connectivity index (χ3v) is 4.39. The van der Waals surface area contributed by atoms with Gasteiger partial charge < -0.3 is 10.6 Å². The Morgan fingerprint density at radius 3 is 2.53 bits per heavy atom. The Bertz CT molecular complexity index is 436. The summed E-state index contributed by atoms with van der Waals surface area (Å²) in [5.41, 5.74) is 0.875. The Balaban J connectivity index is 1.58. The number of amides is 1. The number of nitrogens with one attached hydrogen (secondary N) is 2. The molecule has 19 heavy (non-hydrogen) atoms. The van der Waals surface area contributed by atoms with Crippen molar-refractivity contribution >= 4 is 11.6 Å². The van der Waals surface area contributed by atoms with Crippen molar-refractivity contribution in [2.24, 2.45) is 11.8 Å². The van der Waals surface area contributed by atoms with E-state index in [2.05, 4.69) is 15.5 Å². The highest BCUT2D eigenvalue weighted by molar-refractivity contribution is 5.94. The minimum absolute atomic E-state index is 0.0502. The summed E-state index contributed by atoms with van der Waals surface area (Å²) in [7, 11) is 0. The van der Waals surface area contributed by atoms with Crippen molar-refractivity contribution in [3.05, 3.63) is 30.3 Å². The van der Waals surface area contributed by atoms with Crippen LogP contribution in [0.5, 0.6) is 0 Å². The summed E-state index contributed by atoms with van der Waals surface area (Å²) in [4.78, 5) is 14.6. The van der Waals surface area contributed by atoms with E-state index in [1.54, 1.807) is 0 Å². The van der Waals surface area contributed by atoms with Crippen molar-refractivity contribution in [3.8, 4) is 0 Å². The molecule has 3 atom stereocenters. The molecule has 2 aliphatic heterocycles. The predicted octanol–water partition coefficient (Wildman–Crippen LogP) is 1.16. The van der Waals surface area contributed by atoms with Gasteiger partial charge in [-0.3, -0.25) is 9.69 Å². The van der Waals surface area contributed by atoms with Gasteiger partial charge in [-0.2, -0.15) is 0 Å². The third-order valence-electron chi connectivity index (χ3n) is 4.39. The summed E-state index contributed by atoms with van der Waals surface area (Å²) >= 11 is 0. The topological polar surface area (TPSA) is 44.4 Å². The van der Waals surface area contributed by atoms with Gasteiger partial charge >= 0.3 is 0 Å². The number of carbonyl (C=O) groups is 1. The first kappa shape index (κ1) is 12.6. The molecular formula is C15H21N3O. The van der Waals surface area contributed by atoms with E-state index in [0.717, 1.165) is 43.7 Å². The molecule has 1 aromatic carbocycles. The molecule has 2 fully saturated rings. The maximum Gasteiger partial charge on any atom is 0.241 e. The number of hydrogen-bond acceptors (Lipinski definition) is 3. The maximum atomic E-state index is 12.3. The SMILES string of the molecule is CC(C(=O)Nc1ccccc1)N1C[C@H]2CNC[C@H]2C1. The lowest BCUT2D eigenvalue weighted by Crippen LogP contribution is -2.42. The van der Waals surface area contributed by atoms with Crippen LogP contribution in [-0.4, -0.2) is 43.0 Å². The first-order valence-electron chi connectivity index (χ1n) is 7.04. The van der Waals surface area contributed by atoms with Crippen LogP contribution in [0.2, 0.25) is 0 Å². The van der Waals surface area contributed by atoms with E-state index in [9.17, 15) is 4.79 Å². The minimum Gasteiger partial charge on any atom is -0.325 e. The molecule has 102 valence electrons. The lowest BCUT2D eigenvalue weighted by molar-refractivity contribution is -0.120. The van der Waals surface area contributed by atoms with Crippen molar-refractivity contribution in [2.45, 2.75) is 13.0 Å². The number of likely N-dealkylation sites (tertiary alicyclic amines) is 1. The summed E-state index contributed by atoms with van der Waals surface area (Å²) in [5.74, 6) is 1.55. The first-order valence-corrected chi connectivity index (χ1v) is 7.04. The second-order valence-corrected chi connectivity index (χ2v) is 5.66. The molecule has 3 rings (SSSR count). The highest BCUT2D eigenvalue weighted by Gasteiger charge is 2.39. The monoisotopic (exact) mass is 259 g/mol. The third kappa shape index (κ3) is 2.65. The fourth-order valence-corrected chi connectivity index (χ4v) is 3.14. The smallest absolute Gasteiger partial charge is 0.241 e. The molecule has 2 heterocycles. The predicted molar refractivity (Wildman–Crippen MR) is 76.0 cm³/mol. The zero-order chi connectivity index (χ0) is 13.2. The van der Waals surface area contributed by atoms with Crippen LogP contribution in [-0.2, 0) is 4.79 Å². The minimum atomic E-state index is -0.0502. The normalized spacial score (nSPS) is 28.1. The Morgan fingerprint density at radius 1 is 1.26 bits per heavy atom. The van der Waals surface area contributed by atoms with Gasteiger partial charge in [-0.05, 0) is 44.0 Å². The first-order chi connectivity index (χ1) is 9.24. The summed E-state index contributed by atoms with van der Waals surface area (Å²) < 4.78 is 0. The van der Waals surface area contributed by atoms with Crippen LogP contribution in [0.4, 0.5) is 5.69 Å². The molecule has 4 heteroatoms. The van der Waals surface area contributed by atoms with Crippen molar-refractivity contribution in [1.29, 1.82) is 0 Å². The molecule has 2 aliphatic rings. The molecule has 1 amide bonds. The van der Waals surface area contributed by atoms with E-state index in [-0.39, 0.29) is 11.9 Å². The van der Waals surface area contributed by atoms with Gasteiger partial charge in [-0.25, -0.2) is 0 Å². The van der Waals surface area contributed by atoms with Crippen LogP contribution in [0, 0.1) is 11.8 Å². The van der Waals surface area contributed by atoms with E-state index in [1.165, 1.54) is 0 Å². The number of benzene rings is 1. The zero-order valence-corrected chi connectivity index (χ0v) is 11.3. The van der Waals surface area contributed by atoms with Gasteiger partial charge in [0.25, 0.3) is 0 Å². The molecule has 0 saturated carbocycles. The Kier molecular flexibility index (Phi) is 3.53. The number of fused-ring (bicyclic) bond motifs is 1. The molecule has 2 saturated heterocycles. The van der Waals surface area contributed by atoms with E-state index in [1.807, 2.05) is 37.3 Å². The summed E-state index contributed by atoms with van der Waals surface area (Å²) in [6.07, 6.45) is 0. The van der Waals surface area contributed by atoms with Crippen LogP contribution in [0.1, 0.15) is 6.92 Å². The van der Waals surface area contributed by atoms with E-state index in [0.29, 0.717) is 0 Å². The van der Waals surface area contributed by atoms with Gasteiger partial charge in [-0.1, -0.05) is 18.2 Å². The highest BCUT2D eigenvalue weighted by atomic mass is 16.2. The summed E-state index contributed by atoms with van der Waals surface area (Å²) in [6, 6.07) is 9.62. The van der Waals surface area contributed by atoms with Crippen LogP contribution in [0.3, 0.4) is 0 Å². The number of anilines is 1. The van der Waals surface area contributed by atoms with Crippen molar-refractivity contribution in [1.82, 2.24) is 10.2 Å². The van der Waals surface area contributed by atoms with Crippen molar-refractivity contribution in [2.75, 3.05) is 31.5 Å². The number of rotatable bonds is 3. The number of hydrogen-bond donors (Lipinski definition) is 2. The highest BCUT2D eigenvalue weighted by Crippen LogP contribution is 2.27. The molecule has 0 radical (unpaired) electrons. The molecule has 0 spiro atoms. The summed E-state index contributed by atoms with van der Waals surface area (Å²) in [5, 5.41) is 6.41. The second-order valence-electron chi connectivity index (χ2n) is 5.66. The molecule has 0 aromatic heterocycles. The van der Waals surface area contributed by atoms with E-state index in [4.69, 9.17) is 0 Å². The van der Waals surface area contributed by atoms with Crippen molar-refractivity contribution < 1.29 is 4.79 Å². The molecule has 4 nitrogen and oxygen atoms in total. The fourth-order valence-electron chi connectivity index (χ4n) is 3.14. The van der Waals surface area contributed by atoms with E-state index >= 15 is 0 Å². The molecule has 1 aromatic rings. The lowest BCUT2D eigenvalue weighted by atomic mass is 10.0. The van der Waals surface area contributed by atoms with E-state index < -0.39 is 0 Å². The maximum absolute atomic E-state index is 12.3. The quantitative estimate of drug-likeness (QED) is 0.856. The summed E-state index contributed by atoms with van der Waals surface area (Å²) in [6.45, 7) is 6.30. The molecular weight excluding hydrogens is 238 g/mol. The number of carbonyl (C=O) groups excluding carboxylic acids is 1. The molecule has 0 aliphatic carbocycles. The van der Waals surface area contributed by atoms with Crippen LogP contribution in [0.25, 0.3) is 0 Å². The van der Waals surface area contributed by atoms with Gasteiger partial charge in [0.15, 0.2) is 0 Å². The van der Waals surface area contributed by atoms with Gasteiger partial charge in [0, 0.05) is 18.8 Å². The Morgan fingerprint density at radius 2 is 1.89 bits per heavy atom. The standard InChI is InChI=1S/C15H21N3O/c1-11(15(19)17-14-5-3-2-4-6-14)18-9-12-7-16-8-13(12)10-18/h2-6,11-13,16H,7-10H2,1H3,(H,17,19)/t11?,12-,13+. The molecule has 0 bridgehead atoms.